The van der Waals surface area contributed by atoms with E-state index in [-0.39, 0.29) is 0 Å². The van der Waals surface area contributed by atoms with Gasteiger partial charge in [-0.2, -0.15) is 5.10 Å². The fourth-order valence-corrected chi connectivity index (χ4v) is 2.64. The number of hydrogen-bond acceptors (Lipinski definition) is 2. The number of nitrogens with zero attached hydrogens (tertiary/aromatic N) is 2. The highest BCUT2D eigenvalue weighted by molar-refractivity contribution is 5.83. The molecule has 3 heteroatoms. The fourth-order valence-electron chi connectivity index (χ4n) is 2.64. The van der Waals surface area contributed by atoms with Crippen LogP contribution >= 0.6 is 0 Å². The molecule has 0 aliphatic heterocycles. The highest BCUT2D eigenvalue weighted by Crippen LogP contribution is 2.38. The van der Waals surface area contributed by atoms with Gasteiger partial charge >= 0.3 is 0 Å². The van der Waals surface area contributed by atoms with E-state index >= 15 is 0 Å². The molecule has 1 fully saturated rings. The van der Waals surface area contributed by atoms with Gasteiger partial charge in [0, 0.05) is 18.4 Å². The van der Waals surface area contributed by atoms with Crippen LogP contribution in [-0.2, 0) is 13.5 Å². The molecule has 3 nitrogen and oxygen atoms in total. The van der Waals surface area contributed by atoms with Crippen LogP contribution in [0.4, 0.5) is 0 Å². The first-order valence-electron chi connectivity index (χ1n) is 6.45. The molecule has 2 N–H and O–H groups in total. The largest absolute Gasteiger partial charge is 0.330 e. The Balaban J connectivity index is 2.08. The van der Waals surface area contributed by atoms with Crippen molar-refractivity contribution in [1.82, 2.24) is 9.78 Å². The number of nitrogens with two attached hydrogens (primary N) is 1. The van der Waals surface area contributed by atoms with Crippen LogP contribution in [0.5, 0.6) is 0 Å². The molecule has 3 rings (SSSR count). The van der Waals surface area contributed by atoms with Gasteiger partial charge in [-0.1, -0.05) is 18.6 Å². The molecular formula is C14H19N3. The minimum Gasteiger partial charge on any atom is -0.330 e. The molecule has 1 heterocycles. The zero-order chi connectivity index (χ0) is 11.8. The number of fused-ring (bicyclic) bond motifs is 1. The highest BCUT2D eigenvalue weighted by atomic mass is 15.3. The molecule has 0 saturated heterocycles. The summed E-state index contributed by atoms with van der Waals surface area (Å²) < 4.78 is 2.02. The molecule has 1 saturated carbocycles. The van der Waals surface area contributed by atoms with Crippen molar-refractivity contribution in [3.05, 3.63) is 29.5 Å². The SMILES string of the molecule is Cn1nc(C2CCC2)c2ccc(CCN)cc21. The number of aryl methyl sites for hydroxylation is 1. The molecule has 1 aromatic carbocycles. The monoisotopic (exact) mass is 229 g/mol. The first kappa shape index (κ1) is 10.8. The second-order valence-electron chi connectivity index (χ2n) is 5.03. The van der Waals surface area contributed by atoms with Gasteiger partial charge in [0.05, 0.1) is 11.2 Å². The number of aromatic nitrogens is 2. The Hall–Kier alpha value is -1.35. The van der Waals surface area contributed by atoms with E-state index < -0.39 is 0 Å². The smallest absolute Gasteiger partial charge is 0.0734 e. The molecule has 1 aromatic heterocycles. The van der Waals surface area contributed by atoms with Gasteiger partial charge in [0.25, 0.3) is 0 Å². The summed E-state index contributed by atoms with van der Waals surface area (Å²) in [4.78, 5) is 0. The third kappa shape index (κ3) is 1.75. The van der Waals surface area contributed by atoms with E-state index in [1.807, 2.05) is 11.7 Å². The summed E-state index contributed by atoms with van der Waals surface area (Å²) in [5.74, 6) is 0.694. The van der Waals surface area contributed by atoms with E-state index in [0.29, 0.717) is 12.5 Å². The maximum Gasteiger partial charge on any atom is 0.0734 e. The Kier molecular flexibility index (Phi) is 2.63. The van der Waals surface area contributed by atoms with Gasteiger partial charge in [-0.25, -0.2) is 0 Å². The molecule has 0 unspecified atom stereocenters. The van der Waals surface area contributed by atoms with Gasteiger partial charge in [-0.3, -0.25) is 4.68 Å². The molecule has 1 aliphatic rings. The predicted octanol–water partition coefficient (Wildman–Crippen LogP) is 2.34. The average molecular weight is 229 g/mol. The fraction of sp³-hybridized carbons (Fsp3) is 0.500. The molecule has 1 aliphatic carbocycles. The Bertz CT molecular complexity index is 538. The van der Waals surface area contributed by atoms with Crippen molar-refractivity contribution in [3.63, 3.8) is 0 Å². The van der Waals surface area contributed by atoms with Crippen molar-refractivity contribution in [2.24, 2.45) is 12.8 Å². The normalized spacial score (nSPS) is 16.4. The van der Waals surface area contributed by atoms with E-state index in [1.54, 1.807) is 0 Å². The highest BCUT2D eigenvalue weighted by Gasteiger charge is 2.24. The van der Waals surface area contributed by atoms with Gasteiger partial charge in [-0.15, -0.1) is 0 Å². The van der Waals surface area contributed by atoms with E-state index in [2.05, 4.69) is 18.2 Å². The lowest BCUT2D eigenvalue weighted by atomic mass is 9.82. The Morgan fingerprint density at radius 1 is 1.41 bits per heavy atom. The van der Waals surface area contributed by atoms with E-state index in [9.17, 15) is 0 Å². The van der Waals surface area contributed by atoms with Gasteiger partial charge in [-0.05, 0) is 37.4 Å². The molecule has 2 aromatic rings. The van der Waals surface area contributed by atoms with Crippen LogP contribution in [0.3, 0.4) is 0 Å². The molecule has 0 amide bonds. The molecule has 0 radical (unpaired) electrons. The Labute approximate surface area is 102 Å². The van der Waals surface area contributed by atoms with Crippen LogP contribution < -0.4 is 5.73 Å². The Morgan fingerprint density at radius 2 is 2.24 bits per heavy atom. The average Bonchev–Trinajstić information content (AvgIpc) is 2.55. The molecule has 90 valence electrons. The lowest BCUT2D eigenvalue weighted by molar-refractivity contribution is 0.410. The van der Waals surface area contributed by atoms with Gasteiger partial charge < -0.3 is 5.73 Å². The van der Waals surface area contributed by atoms with Crippen LogP contribution in [0, 0.1) is 0 Å². The first-order valence-corrected chi connectivity index (χ1v) is 6.45. The maximum absolute atomic E-state index is 5.60. The second-order valence-corrected chi connectivity index (χ2v) is 5.03. The van der Waals surface area contributed by atoms with Crippen molar-refractivity contribution >= 4 is 10.9 Å². The topological polar surface area (TPSA) is 43.8 Å². The van der Waals surface area contributed by atoms with Gasteiger partial charge in [0.2, 0.25) is 0 Å². The predicted molar refractivity (Wildman–Crippen MR) is 70.1 cm³/mol. The second kappa shape index (κ2) is 4.15. The van der Waals surface area contributed by atoms with Crippen LogP contribution in [0.1, 0.15) is 36.4 Å². The molecular weight excluding hydrogens is 210 g/mol. The van der Waals surface area contributed by atoms with Crippen LogP contribution in [0.15, 0.2) is 18.2 Å². The van der Waals surface area contributed by atoms with Crippen LogP contribution in [0.2, 0.25) is 0 Å². The minimum atomic E-state index is 0.694. The third-order valence-corrected chi connectivity index (χ3v) is 3.87. The number of hydrogen-bond donors (Lipinski definition) is 1. The van der Waals surface area contributed by atoms with Crippen molar-refractivity contribution in [2.45, 2.75) is 31.6 Å². The zero-order valence-corrected chi connectivity index (χ0v) is 10.3. The molecule has 0 bridgehead atoms. The maximum atomic E-state index is 5.60. The quantitative estimate of drug-likeness (QED) is 0.878. The molecule has 0 atom stereocenters. The summed E-state index contributed by atoms with van der Waals surface area (Å²) in [5, 5.41) is 6.03. The van der Waals surface area contributed by atoms with Crippen LogP contribution in [-0.4, -0.2) is 16.3 Å². The van der Waals surface area contributed by atoms with E-state index in [1.165, 1.54) is 41.4 Å². The zero-order valence-electron chi connectivity index (χ0n) is 10.3. The molecule has 17 heavy (non-hydrogen) atoms. The van der Waals surface area contributed by atoms with Gasteiger partial charge in [0.1, 0.15) is 0 Å². The van der Waals surface area contributed by atoms with E-state index in [0.717, 1.165) is 6.42 Å². The summed E-state index contributed by atoms with van der Waals surface area (Å²) in [6, 6.07) is 6.65. The summed E-state index contributed by atoms with van der Waals surface area (Å²) in [5.41, 5.74) is 9.46. The van der Waals surface area contributed by atoms with Crippen molar-refractivity contribution in [2.75, 3.05) is 6.54 Å². The summed E-state index contributed by atoms with van der Waals surface area (Å²) in [6.45, 7) is 0.707. The summed E-state index contributed by atoms with van der Waals surface area (Å²) in [6.07, 6.45) is 4.90. The molecule has 0 spiro atoms. The lowest BCUT2D eigenvalue weighted by Gasteiger charge is -2.23. The lowest BCUT2D eigenvalue weighted by Crippen LogP contribution is -2.10. The van der Waals surface area contributed by atoms with Crippen molar-refractivity contribution in [3.8, 4) is 0 Å². The van der Waals surface area contributed by atoms with Crippen LogP contribution in [0.25, 0.3) is 10.9 Å². The van der Waals surface area contributed by atoms with Gasteiger partial charge in [0.15, 0.2) is 0 Å². The standard InChI is InChI=1S/C14H19N3/c1-17-13-9-10(7-8-15)5-6-12(13)14(16-17)11-3-2-4-11/h5-6,9,11H,2-4,7-8,15H2,1H3. The number of rotatable bonds is 3. The van der Waals surface area contributed by atoms with E-state index in [4.69, 9.17) is 10.8 Å². The summed E-state index contributed by atoms with van der Waals surface area (Å²) in [7, 11) is 2.04. The summed E-state index contributed by atoms with van der Waals surface area (Å²) >= 11 is 0. The van der Waals surface area contributed by atoms with Crippen molar-refractivity contribution in [1.29, 1.82) is 0 Å². The third-order valence-electron chi connectivity index (χ3n) is 3.87. The first-order chi connectivity index (χ1) is 8.29. The van der Waals surface area contributed by atoms with Crippen molar-refractivity contribution < 1.29 is 0 Å². The Morgan fingerprint density at radius 3 is 2.88 bits per heavy atom. The number of benzene rings is 1. The minimum absolute atomic E-state index is 0.694.